The van der Waals surface area contributed by atoms with Crippen LogP contribution < -0.4 is 5.32 Å². The minimum atomic E-state index is -0.399. The van der Waals surface area contributed by atoms with Crippen molar-refractivity contribution in [2.24, 2.45) is 5.92 Å². The third-order valence-electron chi connectivity index (χ3n) is 5.97. The molecular formula is C21H35NO5. The first-order valence-corrected chi connectivity index (χ1v) is 9.97. The van der Waals surface area contributed by atoms with E-state index in [4.69, 9.17) is 18.9 Å². The molecule has 0 bridgehead atoms. The number of methoxy groups -OCH3 is 1. The minimum Gasteiger partial charge on any atom is -0.443 e. The number of hydrogen-bond donors (Lipinski definition) is 1. The minimum absolute atomic E-state index is 0.0479. The maximum atomic E-state index is 12.3. The Morgan fingerprint density at radius 3 is 2.52 bits per heavy atom. The largest absolute Gasteiger partial charge is 0.443 e. The van der Waals surface area contributed by atoms with E-state index in [1.165, 1.54) is 5.57 Å². The number of ether oxygens (including phenoxy) is 4. The summed E-state index contributed by atoms with van der Waals surface area (Å²) in [5.41, 5.74) is 0.439. The zero-order valence-corrected chi connectivity index (χ0v) is 17.8. The molecule has 154 valence electrons. The van der Waals surface area contributed by atoms with Crippen LogP contribution in [0.5, 0.6) is 0 Å². The predicted octanol–water partition coefficient (Wildman–Crippen LogP) is 3.59. The molecule has 1 spiro atoms. The molecule has 1 saturated carbocycles. The van der Waals surface area contributed by atoms with Crippen molar-refractivity contribution in [3.63, 3.8) is 0 Å². The molecule has 1 aliphatic carbocycles. The van der Waals surface area contributed by atoms with E-state index in [-0.39, 0.29) is 41.0 Å². The molecule has 2 aliphatic heterocycles. The molecule has 3 aliphatic rings. The number of carbonyl (C=O) groups excluding carboxylic acids is 1. The molecule has 27 heavy (non-hydrogen) atoms. The Morgan fingerprint density at radius 1 is 1.33 bits per heavy atom. The molecule has 2 heterocycles. The summed E-state index contributed by atoms with van der Waals surface area (Å²) in [6.45, 7) is 12.9. The SMILES string of the molecule is CO[C@@H]1[C@H](OC(=O)NC(C)(C)C)CC[C@]2(CO2)[C@H]1[C@@]1(C)O[C@@H]1CC=C(C)C. The van der Waals surface area contributed by atoms with Gasteiger partial charge in [0.05, 0.1) is 18.6 Å². The lowest BCUT2D eigenvalue weighted by Crippen LogP contribution is -2.56. The number of hydrogen-bond acceptors (Lipinski definition) is 5. The first-order valence-electron chi connectivity index (χ1n) is 9.97. The van der Waals surface area contributed by atoms with Crippen molar-refractivity contribution >= 4 is 6.09 Å². The summed E-state index contributed by atoms with van der Waals surface area (Å²) >= 11 is 0. The van der Waals surface area contributed by atoms with Gasteiger partial charge in [0.2, 0.25) is 0 Å². The lowest BCUT2D eigenvalue weighted by atomic mass is 9.68. The number of alkyl carbamates (subject to hydrolysis) is 1. The molecule has 6 atom stereocenters. The van der Waals surface area contributed by atoms with Gasteiger partial charge in [-0.3, -0.25) is 0 Å². The van der Waals surface area contributed by atoms with Crippen LogP contribution in [-0.2, 0) is 18.9 Å². The Bertz CT molecular complexity index is 602. The van der Waals surface area contributed by atoms with Crippen LogP contribution in [0.15, 0.2) is 11.6 Å². The third kappa shape index (κ3) is 4.33. The van der Waals surface area contributed by atoms with Gasteiger partial charge >= 0.3 is 6.09 Å². The van der Waals surface area contributed by atoms with Gasteiger partial charge in [0, 0.05) is 12.6 Å². The van der Waals surface area contributed by atoms with Gasteiger partial charge in [-0.05, 0) is 60.8 Å². The maximum absolute atomic E-state index is 12.3. The summed E-state index contributed by atoms with van der Waals surface area (Å²) < 4.78 is 23.8. The molecule has 1 N–H and O–H groups in total. The number of allylic oxidation sites excluding steroid dienone is 1. The number of amides is 1. The highest BCUT2D eigenvalue weighted by Crippen LogP contribution is 2.59. The van der Waals surface area contributed by atoms with Crippen molar-refractivity contribution in [1.29, 1.82) is 0 Å². The molecule has 0 aromatic heterocycles. The Balaban J connectivity index is 1.74. The lowest BCUT2D eigenvalue weighted by Gasteiger charge is -2.42. The van der Waals surface area contributed by atoms with Gasteiger partial charge in [0.15, 0.2) is 0 Å². The fourth-order valence-corrected chi connectivity index (χ4v) is 4.54. The topological polar surface area (TPSA) is 72.6 Å². The van der Waals surface area contributed by atoms with E-state index < -0.39 is 6.09 Å². The van der Waals surface area contributed by atoms with E-state index in [9.17, 15) is 4.79 Å². The molecule has 0 aromatic carbocycles. The predicted molar refractivity (Wildman–Crippen MR) is 103 cm³/mol. The van der Waals surface area contributed by atoms with Crippen LogP contribution in [0, 0.1) is 5.92 Å². The van der Waals surface area contributed by atoms with E-state index in [0.717, 1.165) is 25.9 Å². The smallest absolute Gasteiger partial charge is 0.407 e. The Hall–Kier alpha value is -1.11. The summed E-state index contributed by atoms with van der Waals surface area (Å²) in [6, 6.07) is 0. The van der Waals surface area contributed by atoms with Crippen molar-refractivity contribution in [3.8, 4) is 0 Å². The maximum Gasteiger partial charge on any atom is 0.407 e. The summed E-state index contributed by atoms with van der Waals surface area (Å²) in [7, 11) is 1.69. The first kappa shape index (κ1) is 20.6. The molecule has 0 aromatic rings. The highest BCUT2D eigenvalue weighted by Gasteiger charge is 2.72. The number of rotatable bonds is 5. The molecule has 6 heteroatoms. The van der Waals surface area contributed by atoms with E-state index in [1.54, 1.807) is 7.11 Å². The molecule has 2 saturated heterocycles. The van der Waals surface area contributed by atoms with Crippen molar-refractivity contribution < 1.29 is 23.7 Å². The van der Waals surface area contributed by atoms with Gasteiger partial charge in [-0.25, -0.2) is 4.79 Å². The van der Waals surface area contributed by atoms with E-state index >= 15 is 0 Å². The zero-order chi connectivity index (χ0) is 20.0. The average molecular weight is 382 g/mol. The van der Waals surface area contributed by atoms with E-state index in [0.29, 0.717) is 0 Å². The van der Waals surface area contributed by atoms with Crippen LogP contribution in [0.1, 0.15) is 60.8 Å². The van der Waals surface area contributed by atoms with Crippen LogP contribution in [-0.4, -0.2) is 54.9 Å². The summed E-state index contributed by atoms with van der Waals surface area (Å²) in [6.07, 6.45) is 3.91. The van der Waals surface area contributed by atoms with Gasteiger partial charge in [-0.15, -0.1) is 0 Å². The Labute approximate surface area is 162 Å². The van der Waals surface area contributed by atoms with Gasteiger partial charge in [-0.1, -0.05) is 11.6 Å². The summed E-state index contributed by atoms with van der Waals surface area (Å²) in [5.74, 6) is 0.0479. The second kappa shape index (κ2) is 7.05. The Kier molecular flexibility index (Phi) is 5.38. The van der Waals surface area contributed by atoms with Crippen molar-refractivity contribution in [3.05, 3.63) is 11.6 Å². The second-order valence-electron chi connectivity index (χ2n) is 9.70. The van der Waals surface area contributed by atoms with Crippen LogP contribution >= 0.6 is 0 Å². The fraction of sp³-hybridized carbons (Fsp3) is 0.857. The number of carbonyl (C=O) groups is 1. The molecule has 0 radical (unpaired) electrons. The zero-order valence-electron chi connectivity index (χ0n) is 17.8. The van der Waals surface area contributed by atoms with Gasteiger partial charge in [0.1, 0.15) is 23.4 Å². The summed E-state index contributed by atoms with van der Waals surface area (Å²) in [5, 5.41) is 2.87. The van der Waals surface area contributed by atoms with Crippen molar-refractivity contribution in [2.75, 3.05) is 13.7 Å². The van der Waals surface area contributed by atoms with Crippen LogP contribution in [0.25, 0.3) is 0 Å². The highest BCUT2D eigenvalue weighted by atomic mass is 16.6. The highest BCUT2D eigenvalue weighted by molar-refractivity contribution is 5.68. The molecular weight excluding hydrogens is 346 g/mol. The lowest BCUT2D eigenvalue weighted by molar-refractivity contribution is -0.118. The van der Waals surface area contributed by atoms with Crippen molar-refractivity contribution in [2.45, 2.75) is 95.9 Å². The average Bonchev–Trinajstić information content (AvgIpc) is 3.43. The fourth-order valence-electron chi connectivity index (χ4n) is 4.54. The van der Waals surface area contributed by atoms with Crippen molar-refractivity contribution in [1.82, 2.24) is 5.32 Å². The monoisotopic (exact) mass is 381 g/mol. The normalized spacial score (nSPS) is 40.4. The molecule has 0 unspecified atom stereocenters. The van der Waals surface area contributed by atoms with Crippen LogP contribution in [0.2, 0.25) is 0 Å². The molecule has 6 nitrogen and oxygen atoms in total. The van der Waals surface area contributed by atoms with Gasteiger partial charge in [0.25, 0.3) is 0 Å². The third-order valence-corrected chi connectivity index (χ3v) is 5.97. The molecule has 3 rings (SSSR count). The second-order valence-corrected chi connectivity index (χ2v) is 9.70. The number of epoxide rings is 2. The standard InChI is InChI=1S/C21H35NO5/c1-13(2)8-9-15-20(6,27-15)17-16(24-7)14(10-11-21(17)12-25-21)26-18(23)22-19(3,4)5/h8,14-17H,9-12H2,1-7H3,(H,22,23)/t14-,15-,16-,17-,20+,21+/m1/s1. The van der Waals surface area contributed by atoms with E-state index in [1.807, 2.05) is 20.8 Å². The van der Waals surface area contributed by atoms with E-state index in [2.05, 4.69) is 32.2 Å². The van der Waals surface area contributed by atoms with Crippen LogP contribution in [0.4, 0.5) is 4.79 Å². The quantitative estimate of drug-likeness (QED) is 0.582. The molecule has 3 fully saturated rings. The number of nitrogens with one attached hydrogen (secondary N) is 1. The van der Waals surface area contributed by atoms with Gasteiger partial charge in [-0.2, -0.15) is 0 Å². The van der Waals surface area contributed by atoms with Crippen LogP contribution in [0.3, 0.4) is 0 Å². The van der Waals surface area contributed by atoms with Gasteiger partial charge < -0.3 is 24.3 Å². The Morgan fingerprint density at radius 2 is 2.00 bits per heavy atom. The first-order chi connectivity index (χ1) is 12.5. The molecule has 1 amide bonds. The summed E-state index contributed by atoms with van der Waals surface area (Å²) in [4.78, 5) is 12.3.